The summed E-state index contributed by atoms with van der Waals surface area (Å²) in [5.74, 6) is -1.17. The van der Waals surface area contributed by atoms with Crippen LogP contribution in [0.5, 0.6) is 0 Å². The Balaban J connectivity index is 1.70. The number of nitrogens with one attached hydrogen (secondary N) is 3. The number of carbonyl (C=O) groups excluding carboxylic acids is 2. The molecule has 0 radical (unpaired) electrons. The predicted octanol–water partition coefficient (Wildman–Crippen LogP) is 1.94. The molecule has 0 saturated carbocycles. The number of pyridine rings is 1. The van der Waals surface area contributed by atoms with E-state index in [1.54, 1.807) is 19.1 Å². The largest absolute Gasteiger partial charge is 0.271 e. The molecule has 0 aliphatic carbocycles. The van der Waals surface area contributed by atoms with E-state index in [4.69, 9.17) is 0 Å². The van der Waals surface area contributed by atoms with E-state index in [0.717, 1.165) is 5.56 Å². The Morgan fingerprint density at radius 3 is 2.37 bits per heavy atom. The van der Waals surface area contributed by atoms with Crippen molar-refractivity contribution < 1.29 is 18.0 Å². The number of benzene rings is 2. The van der Waals surface area contributed by atoms with Crippen LogP contribution in [-0.2, 0) is 16.6 Å². The summed E-state index contributed by atoms with van der Waals surface area (Å²) in [6.07, 6.45) is 2.88. The van der Waals surface area contributed by atoms with Gasteiger partial charge < -0.3 is 0 Å². The number of carbonyl (C=O) groups is 2. The lowest BCUT2D eigenvalue weighted by atomic mass is 10.1. The molecule has 0 aliphatic rings. The molecule has 3 rings (SSSR count). The Labute approximate surface area is 174 Å². The van der Waals surface area contributed by atoms with Crippen LogP contribution in [0.3, 0.4) is 0 Å². The van der Waals surface area contributed by atoms with Crippen LogP contribution in [0, 0.1) is 6.92 Å². The van der Waals surface area contributed by atoms with E-state index in [-0.39, 0.29) is 22.6 Å². The van der Waals surface area contributed by atoms with Crippen LogP contribution >= 0.6 is 0 Å². The zero-order valence-corrected chi connectivity index (χ0v) is 16.9. The van der Waals surface area contributed by atoms with Crippen LogP contribution in [0.4, 0.5) is 0 Å². The average molecular weight is 424 g/mol. The van der Waals surface area contributed by atoms with Crippen molar-refractivity contribution in [3.05, 3.63) is 95.3 Å². The van der Waals surface area contributed by atoms with Gasteiger partial charge in [0.25, 0.3) is 11.8 Å². The third kappa shape index (κ3) is 5.28. The fraction of sp³-hybridized carbons (Fsp3) is 0.0952. The summed E-state index contributed by atoms with van der Waals surface area (Å²) in [5, 5.41) is 0. The van der Waals surface area contributed by atoms with Gasteiger partial charge in [-0.3, -0.25) is 25.4 Å². The number of amides is 2. The van der Waals surface area contributed by atoms with E-state index >= 15 is 0 Å². The van der Waals surface area contributed by atoms with E-state index in [9.17, 15) is 18.0 Å². The first-order chi connectivity index (χ1) is 14.4. The maximum absolute atomic E-state index is 12.6. The van der Waals surface area contributed by atoms with Gasteiger partial charge >= 0.3 is 0 Å². The maximum atomic E-state index is 12.6. The van der Waals surface area contributed by atoms with Gasteiger partial charge in [0, 0.05) is 24.5 Å². The van der Waals surface area contributed by atoms with Crippen molar-refractivity contribution in [1.29, 1.82) is 0 Å². The number of nitrogens with zero attached hydrogens (tertiary/aromatic N) is 1. The molecule has 1 heterocycles. The highest BCUT2D eigenvalue weighted by atomic mass is 32.2. The molecule has 0 atom stereocenters. The van der Waals surface area contributed by atoms with Crippen molar-refractivity contribution >= 4 is 21.8 Å². The first-order valence-corrected chi connectivity index (χ1v) is 10.5. The fourth-order valence-corrected chi connectivity index (χ4v) is 3.66. The molecule has 154 valence electrons. The van der Waals surface area contributed by atoms with Gasteiger partial charge in [-0.2, -0.15) is 0 Å². The Hall–Kier alpha value is -3.56. The Kier molecular flexibility index (Phi) is 6.55. The molecule has 9 heteroatoms. The van der Waals surface area contributed by atoms with Gasteiger partial charge in [0.1, 0.15) is 0 Å². The molecule has 0 spiro atoms. The Bertz CT molecular complexity index is 1150. The lowest BCUT2D eigenvalue weighted by Gasteiger charge is -2.12. The number of rotatable bonds is 6. The van der Waals surface area contributed by atoms with Gasteiger partial charge in [-0.25, -0.2) is 13.1 Å². The van der Waals surface area contributed by atoms with Crippen molar-refractivity contribution in [2.75, 3.05) is 0 Å². The number of hydrazine groups is 1. The van der Waals surface area contributed by atoms with Crippen LogP contribution in [0.2, 0.25) is 0 Å². The number of aromatic nitrogens is 1. The molecule has 0 unspecified atom stereocenters. The summed E-state index contributed by atoms with van der Waals surface area (Å²) in [5.41, 5.74) is 6.35. The van der Waals surface area contributed by atoms with E-state index < -0.39 is 21.8 Å². The second-order valence-electron chi connectivity index (χ2n) is 6.44. The lowest BCUT2D eigenvalue weighted by molar-refractivity contribution is 0.0846. The van der Waals surface area contributed by atoms with Crippen molar-refractivity contribution in [2.24, 2.45) is 0 Å². The third-order valence-electron chi connectivity index (χ3n) is 4.29. The predicted molar refractivity (Wildman–Crippen MR) is 111 cm³/mol. The van der Waals surface area contributed by atoms with Crippen LogP contribution in [0.25, 0.3) is 0 Å². The smallest absolute Gasteiger partial charge is 0.267 e. The minimum absolute atomic E-state index is 0.0484. The quantitative estimate of drug-likeness (QED) is 0.523. The van der Waals surface area contributed by atoms with Crippen molar-refractivity contribution in [1.82, 2.24) is 20.6 Å². The molecule has 3 aromatic rings. The zero-order chi connectivity index (χ0) is 21.6. The average Bonchev–Trinajstić information content (AvgIpc) is 2.77. The number of hydrogen-bond donors (Lipinski definition) is 3. The molecule has 30 heavy (non-hydrogen) atoms. The molecular weight excluding hydrogens is 404 g/mol. The summed E-state index contributed by atoms with van der Waals surface area (Å²) >= 11 is 0. The molecule has 0 aliphatic heterocycles. The second-order valence-corrected chi connectivity index (χ2v) is 8.20. The topological polar surface area (TPSA) is 117 Å². The molecule has 1 aromatic heterocycles. The van der Waals surface area contributed by atoms with E-state index in [2.05, 4.69) is 20.6 Å². The third-order valence-corrected chi connectivity index (χ3v) is 5.69. The van der Waals surface area contributed by atoms with Crippen LogP contribution in [0.1, 0.15) is 31.8 Å². The fourth-order valence-electron chi connectivity index (χ4n) is 2.62. The summed E-state index contributed by atoms with van der Waals surface area (Å²) < 4.78 is 27.8. The van der Waals surface area contributed by atoms with Crippen LogP contribution in [-0.4, -0.2) is 25.2 Å². The first kappa shape index (κ1) is 21.2. The van der Waals surface area contributed by atoms with E-state index in [1.807, 2.05) is 30.3 Å². The highest BCUT2D eigenvalue weighted by Crippen LogP contribution is 2.16. The molecule has 2 aromatic carbocycles. The molecule has 0 bridgehead atoms. The monoisotopic (exact) mass is 424 g/mol. The number of aryl methyl sites for hydroxylation is 1. The minimum atomic E-state index is -3.83. The summed E-state index contributed by atoms with van der Waals surface area (Å²) in [6, 6.07) is 16.5. The van der Waals surface area contributed by atoms with Crippen molar-refractivity contribution in [2.45, 2.75) is 18.4 Å². The van der Waals surface area contributed by atoms with Crippen molar-refractivity contribution in [3.8, 4) is 0 Å². The van der Waals surface area contributed by atoms with Gasteiger partial charge in [-0.1, -0.05) is 36.4 Å². The van der Waals surface area contributed by atoms with Gasteiger partial charge in [0.05, 0.1) is 10.5 Å². The summed E-state index contributed by atoms with van der Waals surface area (Å²) in [4.78, 5) is 28.3. The van der Waals surface area contributed by atoms with Crippen molar-refractivity contribution in [3.63, 3.8) is 0 Å². The summed E-state index contributed by atoms with van der Waals surface area (Å²) in [7, 11) is -3.83. The first-order valence-electron chi connectivity index (χ1n) is 9.02. The maximum Gasteiger partial charge on any atom is 0.271 e. The normalized spacial score (nSPS) is 11.0. The molecule has 2 amide bonds. The van der Waals surface area contributed by atoms with Gasteiger partial charge in [-0.15, -0.1) is 0 Å². The molecular formula is C21H20N4O4S. The second kappa shape index (κ2) is 9.29. The minimum Gasteiger partial charge on any atom is -0.267 e. The van der Waals surface area contributed by atoms with Gasteiger partial charge in [0.2, 0.25) is 10.0 Å². The molecule has 0 saturated heterocycles. The van der Waals surface area contributed by atoms with Gasteiger partial charge in [-0.05, 0) is 42.3 Å². The van der Waals surface area contributed by atoms with Crippen LogP contribution in [0.15, 0.2) is 78.0 Å². The van der Waals surface area contributed by atoms with Gasteiger partial charge in [0.15, 0.2) is 0 Å². The van der Waals surface area contributed by atoms with E-state index in [0.29, 0.717) is 5.56 Å². The number of hydrogen-bond acceptors (Lipinski definition) is 5. The Morgan fingerprint density at radius 2 is 1.67 bits per heavy atom. The standard InChI is InChI=1S/C21H20N4O4S/c1-15-9-10-18(30(28,29)23-13-16-6-3-2-4-7-16)12-19(15)21(27)25-24-20(26)17-8-5-11-22-14-17/h2-12,14,23H,13H2,1H3,(H,24,26)(H,25,27). The SMILES string of the molecule is Cc1ccc(S(=O)(=O)NCc2ccccc2)cc1C(=O)NNC(=O)c1cccnc1. The molecule has 3 N–H and O–H groups in total. The Morgan fingerprint density at radius 1 is 0.933 bits per heavy atom. The number of sulfonamides is 1. The molecule has 0 fully saturated rings. The van der Waals surface area contributed by atoms with E-state index in [1.165, 1.54) is 30.6 Å². The summed E-state index contributed by atoms with van der Waals surface area (Å²) in [6.45, 7) is 1.80. The zero-order valence-electron chi connectivity index (χ0n) is 16.1. The molecule has 8 nitrogen and oxygen atoms in total. The van der Waals surface area contributed by atoms with Crippen LogP contribution < -0.4 is 15.6 Å². The highest BCUT2D eigenvalue weighted by molar-refractivity contribution is 7.89. The lowest BCUT2D eigenvalue weighted by Crippen LogP contribution is -2.42. The highest BCUT2D eigenvalue weighted by Gasteiger charge is 2.18.